The number of halogens is 4. The second-order valence-corrected chi connectivity index (χ2v) is 3.36. The second kappa shape index (κ2) is 5.18. The lowest BCUT2D eigenvalue weighted by molar-refractivity contribution is 0.115. The van der Waals surface area contributed by atoms with Gasteiger partial charge in [-0.05, 0) is 6.92 Å². The Bertz CT molecular complexity index is 415. The minimum atomic E-state index is -1.65. The maximum Gasteiger partial charge on any atom is 0.204 e. The fourth-order valence-corrected chi connectivity index (χ4v) is 1.14. The van der Waals surface area contributed by atoms with Gasteiger partial charge >= 0.3 is 0 Å². The summed E-state index contributed by atoms with van der Waals surface area (Å²) in [5.41, 5.74) is -0.899. The van der Waals surface area contributed by atoms with Crippen LogP contribution in [0.3, 0.4) is 0 Å². The fourth-order valence-electron chi connectivity index (χ4n) is 1.14. The molecule has 0 radical (unpaired) electrons. The van der Waals surface area contributed by atoms with E-state index in [0.717, 1.165) is 0 Å². The van der Waals surface area contributed by atoms with E-state index < -0.39 is 47.3 Å². The van der Waals surface area contributed by atoms with Crippen molar-refractivity contribution in [1.82, 2.24) is 0 Å². The SMILES string of the molecule is C=Cc1c(F)c(F)c(OCC(C)O)c(F)c1F. The van der Waals surface area contributed by atoms with E-state index in [4.69, 9.17) is 5.11 Å². The van der Waals surface area contributed by atoms with E-state index in [1.807, 2.05) is 0 Å². The molecule has 0 aliphatic rings. The predicted octanol–water partition coefficient (Wildman–Crippen LogP) is 2.65. The molecule has 2 nitrogen and oxygen atoms in total. The number of aliphatic hydroxyl groups is 1. The lowest BCUT2D eigenvalue weighted by atomic mass is 10.1. The lowest BCUT2D eigenvalue weighted by Crippen LogP contribution is -2.15. The van der Waals surface area contributed by atoms with Gasteiger partial charge in [-0.1, -0.05) is 12.7 Å². The Morgan fingerprint density at radius 3 is 2.00 bits per heavy atom. The molecular formula is C11H10F4O2. The number of aliphatic hydroxyl groups excluding tert-OH is 1. The van der Waals surface area contributed by atoms with Crippen molar-refractivity contribution in [3.63, 3.8) is 0 Å². The van der Waals surface area contributed by atoms with Crippen molar-refractivity contribution >= 4 is 6.08 Å². The summed E-state index contributed by atoms with van der Waals surface area (Å²) in [6.07, 6.45) is -0.367. The Kier molecular flexibility index (Phi) is 4.11. The van der Waals surface area contributed by atoms with Crippen LogP contribution in [0.1, 0.15) is 12.5 Å². The van der Waals surface area contributed by atoms with Crippen LogP contribution in [0, 0.1) is 23.3 Å². The quantitative estimate of drug-likeness (QED) is 0.657. The summed E-state index contributed by atoms with van der Waals surface area (Å²) in [7, 11) is 0. The van der Waals surface area contributed by atoms with Crippen molar-refractivity contribution in [3.8, 4) is 5.75 Å². The molecule has 0 aliphatic carbocycles. The normalized spacial score (nSPS) is 12.4. The molecule has 6 heteroatoms. The molecule has 17 heavy (non-hydrogen) atoms. The van der Waals surface area contributed by atoms with Crippen LogP contribution >= 0.6 is 0 Å². The van der Waals surface area contributed by atoms with Gasteiger partial charge in [-0.3, -0.25) is 0 Å². The molecule has 1 rings (SSSR count). The zero-order valence-electron chi connectivity index (χ0n) is 8.94. The Hall–Kier alpha value is -1.56. The zero-order chi connectivity index (χ0) is 13.2. The molecular weight excluding hydrogens is 240 g/mol. The van der Waals surface area contributed by atoms with E-state index in [0.29, 0.717) is 6.08 Å². The first-order valence-corrected chi connectivity index (χ1v) is 4.69. The van der Waals surface area contributed by atoms with Crippen LogP contribution < -0.4 is 4.74 Å². The molecule has 0 amide bonds. The molecule has 0 aliphatic heterocycles. The first-order valence-electron chi connectivity index (χ1n) is 4.69. The Labute approximate surface area is 95.1 Å². The molecule has 1 N–H and O–H groups in total. The smallest absolute Gasteiger partial charge is 0.204 e. The Morgan fingerprint density at radius 2 is 1.65 bits per heavy atom. The third-order valence-corrected chi connectivity index (χ3v) is 1.93. The highest BCUT2D eigenvalue weighted by Gasteiger charge is 2.25. The number of hydrogen-bond acceptors (Lipinski definition) is 2. The maximum atomic E-state index is 13.3. The van der Waals surface area contributed by atoms with Crippen molar-refractivity contribution in [2.45, 2.75) is 13.0 Å². The summed E-state index contributed by atoms with van der Waals surface area (Å²) in [5.74, 6) is -7.66. The van der Waals surface area contributed by atoms with Crippen LogP contribution in [0.4, 0.5) is 17.6 Å². The highest BCUT2D eigenvalue weighted by atomic mass is 19.2. The molecule has 0 spiro atoms. The number of benzene rings is 1. The van der Waals surface area contributed by atoms with Crippen LogP contribution in [-0.4, -0.2) is 17.8 Å². The fraction of sp³-hybridized carbons (Fsp3) is 0.273. The summed E-state index contributed by atoms with van der Waals surface area (Å²) in [4.78, 5) is 0. The van der Waals surface area contributed by atoms with Gasteiger partial charge in [-0.25, -0.2) is 8.78 Å². The van der Waals surface area contributed by atoms with Crippen molar-refractivity contribution < 1.29 is 27.4 Å². The third kappa shape index (κ3) is 2.58. The van der Waals surface area contributed by atoms with Crippen LogP contribution in [0.2, 0.25) is 0 Å². The predicted molar refractivity (Wildman–Crippen MR) is 53.5 cm³/mol. The summed E-state index contributed by atoms with van der Waals surface area (Å²) in [6, 6.07) is 0. The summed E-state index contributed by atoms with van der Waals surface area (Å²) >= 11 is 0. The van der Waals surface area contributed by atoms with Crippen molar-refractivity contribution in [1.29, 1.82) is 0 Å². The largest absolute Gasteiger partial charge is 0.485 e. The van der Waals surface area contributed by atoms with Crippen molar-refractivity contribution in [3.05, 3.63) is 35.4 Å². The Morgan fingerprint density at radius 1 is 1.18 bits per heavy atom. The zero-order valence-corrected chi connectivity index (χ0v) is 8.94. The maximum absolute atomic E-state index is 13.3. The lowest BCUT2D eigenvalue weighted by Gasteiger charge is -2.12. The average molecular weight is 250 g/mol. The van der Waals surface area contributed by atoms with Gasteiger partial charge in [0.25, 0.3) is 0 Å². The molecule has 0 aromatic heterocycles. The summed E-state index contributed by atoms with van der Waals surface area (Å²) < 4.78 is 57.5. The Balaban J connectivity index is 3.27. The van der Waals surface area contributed by atoms with Crippen LogP contribution in [0.25, 0.3) is 6.08 Å². The molecule has 0 saturated carbocycles. The van der Waals surface area contributed by atoms with Gasteiger partial charge in [-0.15, -0.1) is 0 Å². The highest BCUT2D eigenvalue weighted by Crippen LogP contribution is 2.30. The standard InChI is InChI=1S/C11H10F4O2/c1-3-6-7(12)9(14)11(10(15)8(6)13)17-4-5(2)16/h3,5,16H,1,4H2,2H3. The van der Waals surface area contributed by atoms with E-state index in [-0.39, 0.29) is 0 Å². The molecule has 0 heterocycles. The van der Waals surface area contributed by atoms with Gasteiger partial charge in [0, 0.05) is 0 Å². The van der Waals surface area contributed by atoms with Gasteiger partial charge in [0.05, 0.1) is 11.7 Å². The number of hydrogen-bond donors (Lipinski definition) is 1. The number of ether oxygens (including phenoxy) is 1. The van der Waals surface area contributed by atoms with E-state index in [9.17, 15) is 17.6 Å². The molecule has 94 valence electrons. The van der Waals surface area contributed by atoms with Crippen LogP contribution in [-0.2, 0) is 0 Å². The van der Waals surface area contributed by atoms with E-state index in [1.165, 1.54) is 6.92 Å². The topological polar surface area (TPSA) is 29.5 Å². The van der Waals surface area contributed by atoms with E-state index >= 15 is 0 Å². The van der Waals surface area contributed by atoms with Crippen LogP contribution in [0.5, 0.6) is 5.75 Å². The summed E-state index contributed by atoms with van der Waals surface area (Å²) in [5, 5.41) is 8.86. The molecule has 0 saturated heterocycles. The number of rotatable bonds is 4. The molecule has 1 unspecified atom stereocenters. The third-order valence-electron chi connectivity index (χ3n) is 1.93. The minimum absolute atomic E-state index is 0.486. The molecule has 1 aromatic rings. The first kappa shape index (κ1) is 13.5. The molecule has 1 atom stereocenters. The second-order valence-electron chi connectivity index (χ2n) is 3.36. The van der Waals surface area contributed by atoms with Gasteiger partial charge in [0.2, 0.25) is 11.6 Å². The van der Waals surface area contributed by atoms with Gasteiger partial charge in [-0.2, -0.15) is 8.78 Å². The minimum Gasteiger partial charge on any atom is -0.485 e. The van der Waals surface area contributed by atoms with Crippen LogP contribution in [0.15, 0.2) is 6.58 Å². The molecule has 0 bridgehead atoms. The monoisotopic (exact) mass is 250 g/mol. The first-order chi connectivity index (χ1) is 7.90. The van der Waals surface area contributed by atoms with Gasteiger partial charge < -0.3 is 9.84 Å². The van der Waals surface area contributed by atoms with Crippen molar-refractivity contribution in [2.24, 2.45) is 0 Å². The molecule has 1 aromatic carbocycles. The average Bonchev–Trinajstić information content (AvgIpc) is 2.27. The van der Waals surface area contributed by atoms with Crippen molar-refractivity contribution in [2.75, 3.05) is 6.61 Å². The summed E-state index contributed by atoms with van der Waals surface area (Å²) in [6.45, 7) is 3.85. The van der Waals surface area contributed by atoms with Gasteiger partial charge in [0.15, 0.2) is 17.4 Å². The van der Waals surface area contributed by atoms with E-state index in [2.05, 4.69) is 11.3 Å². The van der Waals surface area contributed by atoms with E-state index in [1.54, 1.807) is 0 Å². The van der Waals surface area contributed by atoms with Gasteiger partial charge in [0.1, 0.15) is 6.61 Å². The highest BCUT2D eigenvalue weighted by molar-refractivity contribution is 5.51. The molecule has 0 fully saturated rings.